The lowest BCUT2D eigenvalue weighted by Crippen LogP contribution is -2.31. The predicted octanol–water partition coefficient (Wildman–Crippen LogP) is 5.12. The van der Waals surface area contributed by atoms with Crippen LogP contribution in [0.5, 0.6) is 0 Å². The molecule has 0 fully saturated rings. The topological polar surface area (TPSA) is 104 Å². The molecule has 0 spiro atoms. The fourth-order valence-electron chi connectivity index (χ4n) is 2.71. The van der Waals surface area contributed by atoms with Crippen molar-refractivity contribution in [2.45, 2.75) is 11.1 Å². The summed E-state index contributed by atoms with van der Waals surface area (Å²) in [6.07, 6.45) is -4.60. The van der Waals surface area contributed by atoms with Gasteiger partial charge in [-0.1, -0.05) is 35.9 Å². The number of carbonyl (C=O) groups excluding carboxylic acids is 2. The van der Waals surface area contributed by atoms with Crippen molar-refractivity contribution in [3.8, 4) is 0 Å². The number of alkyl halides is 3. The van der Waals surface area contributed by atoms with Crippen LogP contribution in [-0.4, -0.2) is 20.4 Å². The Morgan fingerprint density at radius 3 is 2.21 bits per heavy atom. The Kier molecular flexibility index (Phi) is 6.94. The Bertz CT molecular complexity index is 1300. The monoisotopic (exact) mass is 497 g/mol. The van der Waals surface area contributed by atoms with Crippen LogP contribution in [0.4, 0.5) is 29.3 Å². The predicted molar refractivity (Wildman–Crippen MR) is 117 cm³/mol. The van der Waals surface area contributed by atoms with E-state index in [0.717, 1.165) is 18.2 Å². The number of urea groups is 1. The van der Waals surface area contributed by atoms with Gasteiger partial charge in [0.15, 0.2) is 0 Å². The van der Waals surface area contributed by atoms with Gasteiger partial charge in [-0.3, -0.25) is 4.79 Å². The standard InChI is InChI=1S/C21H15ClF3N3O4S/c22-14-9-10-17(19(29)28-33(31,32)16-7-2-1-3-8-16)18(12-14)27-20(30)26-15-6-4-5-13(11-15)21(23,24)25/h1-12H,(H,28,29)(H2,26,27,30). The van der Waals surface area contributed by atoms with Crippen molar-refractivity contribution in [3.63, 3.8) is 0 Å². The number of halogens is 4. The van der Waals surface area contributed by atoms with Crippen LogP contribution in [0.15, 0.2) is 77.7 Å². The molecule has 0 heterocycles. The average Bonchev–Trinajstić information content (AvgIpc) is 2.73. The van der Waals surface area contributed by atoms with Gasteiger partial charge in [-0.15, -0.1) is 0 Å². The van der Waals surface area contributed by atoms with Crippen molar-refractivity contribution < 1.29 is 31.2 Å². The summed E-state index contributed by atoms with van der Waals surface area (Å²) in [6.45, 7) is 0. The molecule has 172 valence electrons. The number of nitrogens with one attached hydrogen (secondary N) is 3. The first kappa shape index (κ1) is 24.1. The van der Waals surface area contributed by atoms with Crippen molar-refractivity contribution in [1.29, 1.82) is 0 Å². The van der Waals surface area contributed by atoms with Crippen molar-refractivity contribution in [2.75, 3.05) is 10.6 Å². The highest BCUT2D eigenvalue weighted by Gasteiger charge is 2.30. The lowest BCUT2D eigenvalue weighted by atomic mass is 10.1. The van der Waals surface area contributed by atoms with Crippen molar-refractivity contribution in [3.05, 3.63) is 88.9 Å². The average molecular weight is 498 g/mol. The first-order chi connectivity index (χ1) is 15.5. The maximum absolute atomic E-state index is 12.9. The number of carbonyl (C=O) groups is 2. The Morgan fingerprint density at radius 2 is 1.55 bits per heavy atom. The highest BCUT2D eigenvalue weighted by molar-refractivity contribution is 7.90. The molecule has 0 aliphatic rings. The van der Waals surface area contributed by atoms with Gasteiger partial charge in [-0.25, -0.2) is 17.9 Å². The summed E-state index contributed by atoms with van der Waals surface area (Å²) in [7, 11) is -4.20. The largest absolute Gasteiger partial charge is 0.416 e. The number of anilines is 2. The van der Waals surface area contributed by atoms with Crippen molar-refractivity contribution in [1.82, 2.24) is 4.72 Å². The van der Waals surface area contributed by atoms with E-state index < -0.39 is 33.7 Å². The number of benzene rings is 3. The van der Waals surface area contributed by atoms with Crippen LogP contribution in [0.25, 0.3) is 0 Å². The second-order valence-electron chi connectivity index (χ2n) is 6.60. The molecule has 3 rings (SSSR count). The van der Waals surface area contributed by atoms with E-state index in [1.54, 1.807) is 6.07 Å². The van der Waals surface area contributed by atoms with Crippen molar-refractivity contribution in [2.24, 2.45) is 0 Å². The molecule has 0 atom stereocenters. The zero-order valence-electron chi connectivity index (χ0n) is 16.5. The van der Waals surface area contributed by atoms with Gasteiger partial charge in [0.05, 0.1) is 21.7 Å². The Labute approximate surface area is 191 Å². The van der Waals surface area contributed by atoms with Crippen LogP contribution in [0, 0.1) is 0 Å². The van der Waals surface area contributed by atoms with Crippen LogP contribution >= 0.6 is 11.6 Å². The van der Waals surface area contributed by atoms with Crippen molar-refractivity contribution >= 4 is 44.9 Å². The fraction of sp³-hybridized carbons (Fsp3) is 0.0476. The number of hydrogen-bond donors (Lipinski definition) is 3. The SMILES string of the molecule is O=C(Nc1cccc(C(F)(F)F)c1)Nc1cc(Cl)ccc1C(=O)NS(=O)(=O)c1ccccc1. The van der Waals surface area contributed by atoms with E-state index in [2.05, 4.69) is 10.6 Å². The van der Waals surface area contributed by atoms with E-state index in [4.69, 9.17) is 11.6 Å². The molecule has 3 amide bonds. The summed E-state index contributed by atoms with van der Waals surface area (Å²) in [6, 6.07) is 13.8. The molecular formula is C21H15ClF3N3O4S. The normalized spacial score (nSPS) is 11.5. The first-order valence-corrected chi connectivity index (χ1v) is 11.0. The minimum atomic E-state index is -4.60. The summed E-state index contributed by atoms with van der Waals surface area (Å²) in [5.41, 5.74) is -1.51. The molecule has 3 N–H and O–H groups in total. The number of amides is 3. The van der Waals surface area contributed by atoms with Crippen LogP contribution in [0.1, 0.15) is 15.9 Å². The molecule has 0 radical (unpaired) electrons. The molecule has 3 aromatic rings. The fourth-order valence-corrected chi connectivity index (χ4v) is 3.87. The summed E-state index contributed by atoms with van der Waals surface area (Å²) >= 11 is 5.92. The van der Waals surface area contributed by atoms with E-state index in [1.165, 1.54) is 48.5 Å². The molecule has 0 aromatic heterocycles. The molecule has 3 aromatic carbocycles. The Balaban J connectivity index is 1.80. The summed E-state index contributed by atoms with van der Waals surface area (Å²) in [4.78, 5) is 24.8. The number of sulfonamides is 1. The van der Waals surface area contributed by atoms with Gasteiger partial charge in [-0.05, 0) is 48.5 Å². The van der Waals surface area contributed by atoms with Gasteiger partial charge in [0.2, 0.25) is 0 Å². The number of hydrogen-bond acceptors (Lipinski definition) is 4. The van der Waals surface area contributed by atoms with Crippen LogP contribution in [0.3, 0.4) is 0 Å². The van der Waals surface area contributed by atoms with Gasteiger partial charge in [0, 0.05) is 10.7 Å². The van der Waals surface area contributed by atoms with Gasteiger partial charge < -0.3 is 10.6 Å². The van der Waals surface area contributed by atoms with Crippen LogP contribution in [0.2, 0.25) is 5.02 Å². The molecule has 0 aliphatic heterocycles. The summed E-state index contributed by atoms with van der Waals surface area (Å²) < 4.78 is 65.3. The lowest BCUT2D eigenvalue weighted by Gasteiger charge is -2.14. The smallest absolute Gasteiger partial charge is 0.308 e. The molecule has 33 heavy (non-hydrogen) atoms. The molecule has 7 nitrogen and oxygen atoms in total. The molecule has 0 aliphatic carbocycles. The van der Waals surface area contributed by atoms with Gasteiger partial charge in [0.25, 0.3) is 15.9 Å². The third kappa shape index (κ3) is 6.24. The molecule has 0 unspecified atom stereocenters. The minimum Gasteiger partial charge on any atom is -0.308 e. The second kappa shape index (κ2) is 9.51. The third-order valence-corrected chi connectivity index (χ3v) is 5.78. The van der Waals surface area contributed by atoms with E-state index in [1.807, 2.05) is 4.72 Å². The lowest BCUT2D eigenvalue weighted by molar-refractivity contribution is -0.137. The molecule has 0 bridgehead atoms. The third-order valence-electron chi connectivity index (χ3n) is 4.20. The van der Waals surface area contributed by atoms with E-state index in [9.17, 15) is 31.2 Å². The van der Waals surface area contributed by atoms with E-state index >= 15 is 0 Å². The molecule has 0 saturated carbocycles. The highest BCUT2D eigenvalue weighted by atomic mass is 35.5. The van der Waals surface area contributed by atoms with E-state index in [-0.39, 0.29) is 26.9 Å². The maximum Gasteiger partial charge on any atom is 0.416 e. The van der Waals surface area contributed by atoms with Gasteiger partial charge in [-0.2, -0.15) is 13.2 Å². The van der Waals surface area contributed by atoms with Crippen LogP contribution in [-0.2, 0) is 16.2 Å². The zero-order valence-corrected chi connectivity index (χ0v) is 18.1. The molecule has 0 saturated heterocycles. The maximum atomic E-state index is 12.9. The molecule has 12 heteroatoms. The van der Waals surface area contributed by atoms with E-state index in [0.29, 0.717) is 0 Å². The summed E-state index contributed by atoms with van der Waals surface area (Å²) in [5, 5.41) is 4.63. The first-order valence-electron chi connectivity index (χ1n) is 9.13. The van der Waals surface area contributed by atoms with Gasteiger partial charge in [0.1, 0.15) is 0 Å². The van der Waals surface area contributed by atoms with Crippen LogP contribution < -0.4 is 15.4 Å². The highest BCUT2D eigenvalue weighted by Crippen LogP contribution is 2.30. The zero-order chi connectivity index (χ0) is 24.2. The number of rotatable bonds is 5. The molecular weight excluding hydrogens is 483 g/mol. The quantitative estimate of drug-likeness (QED) is 0.455. The Hall–Kier alpha value is -3.57. The Morgan fingerprint density at radius 1 is 0.848 bits per heavy atom. The second-order valence-corrected chi connectivity index (χ2v) is 8.71. The summed E-state index contributed by atoms with van der Waals surface area (Å²) in [5.74, 6) is -1.05. The van der Waals surface area contributed by atoms with Gasteiger partial charge >= 0.3 is 12.2 Å². The minimum absolute atomic E-state index is 0.117.